The largest absolute Gasteiger partial charge is 0.449 e. The molecule has 0 heterocycles. The van der Waals surface area contributed by atoms with Crippen LogP contribution in [0.3, 0.4) is 0 Å². The topological polar surface area (TPSA) is 100 Å². The first-order valence-corrected chi connectivity index (χ1v) is 16.5. The van der Waals surface area contributed by atoms with Gasteiger partial charge in [0.2, 0.25) is 0 Å². The van der Waals surface area contributed by atoms with Crippen LogP contribution in [0.15, 0.2) is 60.7 Å². The second-order valence-corrected chi connectivity index (χ2v) is 17.1. The molecular weight excluding hydrogens is 486 g/mol. The maximum Gasteiger partial charge on any atom is 0.421 e. The molecule has 0 spiro atoms. The van der Waals surface area contributed by atoms with Gasteiger partial charge in [0.25, 0.3) is 0 Å². The van der Waals surface area contributed by atoms with E-state index in [-0.39, 0.29) is 6.54 Å². The predicted molar refractivity (Wildman–Crippen MR) is 149 cm³/mol. The molecule has 0 saturated carbocycles. The van der Waals surface area contributed by atoms with Gasteiger partial charge in [-0.15, -0.1) is 0 Å². The van der Waals surface area contributed by atoms with E-state index in [4.69, 9.17) is 9.47 Å². The Labute approximate surface area is 222 Å². The number of benzene rings is 2. The summed E-state index contributed by atoms with van der Waals surface area (Å²) in [7, 11) is -1.35. The predicted octanol–water partition coefficient (Wildman–Crippen LogP) is 4.96. The van der Waals surface area contributed by atoms with Crippen molar-refractivity contribution in [2.24, 2.45) is 0 Å². The molecule has 0 aromatic heterocycles. The molecule has 2 aromatic carbocycles. The standard InChI is InChI=1S/C28H43N3O5Si/c1-28(2,3)36-26(33)29-24(19-22-13-9-7-10-14-22)25(32)21-31(20-23-15-11-8-12-16-23)30-27(34)35-17-18-37(4,5)6/h7-16,24-25,32H,17-21H2,1-6H3,(H,29,33)(H,30,34)/t24-,25-/m0/s1. The van der Waals surface area contributed by atoms with Gasteiger partial charge in [0.1, 0.15) is 5.60 Å². The summed E-state index contributed by atoms with van der Waals surface area (Å²) in [5.41, 5.74) is 4.01. The van der Waals surface area contributed by atoms with Crippen LogP contribution in [0.1, 0.15) is 31.9 Å². The maximum atomic E-state index is 12.6. The van der Waals surface area contributed by atoms with Crippen LogP contribution in [0.4, 0.5) is 9.59 Å². The average molecular weight is 530 g/mol. The number of rotatable bonds is 12. The van der Waals surface area contributed by atoms with Crippen molar-refractivity contribution < 1.29 is 24.2 Å². The lowest BCUT2D eigenvalue weighted by Gasteiger charge is -2.31. The third-order valence-electron chi connectivity index (χ3n) is 5.42. The highest BCUT2D eigenvalue weighted by Gasteiger charge is 2.27. The summed E-state index contributed by atoms with van der Waals surface area (Å²) in [6, 6.07) is 19.4. The van der Waals surface area contributed by atoms with Gasteiger partial charge in [0, 0.05) is 21.2 Å². The zero-order valence-electron chi connectivity index (χ0n) is 23.0. The van der Waals surface area contributed by atoms with E-state index in [2.05, 4.69) is 30.4 Å². The average Bonchev–Trinajstić information content (AvgIpc) is 2.78. The summed E-state index contributed by atoms with van der Waals surface area (Å²) >= 11 is 0. The van der Waals surface area contributed by atoms with Crippen LogP contribution < -0.4 is 10.7 Å². The van der Waals surface area contributed by atoms with Crippen molar-refractivity contribution in [2.75, 3.05) is 13.2 Å². The number of carbonyl (C=O) groups excluding carboxylic acids is 2. The molecule has 0 aliphatic carbocycles. The molecule has 8 nitrogen and oxygen atoms in total. The molecule has 0 saturated heterocycles. The zero-order chi connectivity index (χ0) is 27.5. The lowest BCUT2D eigenvalue weighted by atomic mass is 10.0. The molecule has 2 amide bonds. The molecule has 0 bridgehead atoms. The Morgan fingerprint density at radius 1 is 0.946 bits per heavy atom. The SMILES string of the molecule is CC(C)(C)OC(=O)N[C@@H](Cc1ccccc1)[C@@H](O)CN(Cc1ccccc1)NC(=O)OCC[Si](C)(C)C. The summed E-state index contributed by atoms with van der Waals surface area (Å²) in [6.45, 7) is 12.8. The van der Waals surface area contributed by atoms with Gasteiger partial charge >= 0.3 is 12.2 Å². The minimum absolute atomic E-state index is 0.0608. The van der Waals surface area contributed by atoms with E-state index >= 15 is 0 Å². The normalized spacial score (nSPS) is 13.5. The van der Waals surface area contributed by atoms with Crippen molar-refractivity contribution in [1.29, 1.82) is 0 Å². The Morgan fingerprint density at radius 3 is 2.05 bits per heavy atom. The van der Waals surface area contributed by atoms with Crippen LogP contribution in [0.5, 0.6) is 0 Å². The molecule has 2 aromatic rings. The number of aliphatic hydroxyl groups is 1. The lowest BCUT2D eigenvalue weighted by Crippen LogP contribution is -2.53. The molecule has 2 atom stereocenters. The van der Waals surface area contributed by atoms with E-state index < -0.39 is 38.0 Å². The monoisotopic (exact) mass is 529 g/mol. The smallest absolute Gasteiger partial charge is 0.421 e. The fraction of sp³-hybridized carbons (Fsp3) is 0.500. The third kappa shape index (κ3) is 13.3. The molecule has 2 rings (SSSR count). The van der Waals surface area contributed by atoms with Crippen LogP contribution in [0.2, 0.25) is 25.7 Å². The number of nitrogens with zero attached hydrogens (tertiary/aromatic N) is 1. The van der Waals surface area contributed by atoms with Crippen LogP contribution in [-0.2, 0) is 22.4 Å². The molecule has 204 valence electrons. The number of hydrogen-bond acceptors (Lipinski definition) is 6. The third-order valence-corrected chi connectivity index (χ3v) is 7.13. The molecule has 37 heavy (non-hydrogen) atoms. The van der Waals surface area contributed by atoms with Gasteiger partial charge < -0.3 is 19.9 Å². The van der Waals surface area contributed by atoms with Crippen molar-refractivity contribution in [1.82, 2.24) is 15.8 Å². The number of hydrazine groups is 1. The molecule has 0 radical (unpaired) electrons. The molecule has 0 aliphatic rings. The highest BCUT2D eigenvalue weighted by Crippen LogP contribution is 2.13. The number of ether oxygens (including phenoxy) is 2. The Morgan fingerprint density at radius 2 is 1.51 bits per heavy atom. The van der Waals surface area contributed by atoms with Crippen LogP contribution in [-0.4, -0.2) is 61.3 Å². The Bertz CT molecular complexity index is 961. The Balaban J connectivity index is 2.15. The van der Waals surface area contributed by atoms with Crippen molar-refractivity contribution in [3.63, 3.8) is 0 Å². The van der Waals surface area contributed by atoms with E-state index in [9.17, 15) is 14.7 Å². The van der Waals surface area contributed by atoms with E-state index in [0.29, 0.717) is 19.6 Å². The molecule has 3 N–H and O–H groups in total. The number of amides is 2. The summed E-state index contributed by atoms with van der Waals surface area (Å²) < 4.78 is 10.8. The van der Waals surface area contributed by atoms with E-state index in [1.54, 1.807) is 25.8 Å². The van der Waals surface area contributed by atoms with E-state index in [1.165, 1.54) is 0 Å². The zero-order valence-corrected chi connectivity index (χ0v) is 24.0. The maximum absolute atomic E-state index is 12.6. The van der Waals surface area contributed by atoms with Crippen molar-refractivity contribution in [2.45, 2.75) is 77.2 Å². The number of aliphatic hydroxyl groups excluding tert-OH is 1. The van der Waals surface area contributed by atoms with Crippen molar-refractivity contribution >= 4 is 20.3 Å². The van der Waals surface area contributed by atoms with Crippen LogP contribution >= 0.6 is 0 Å². The van der Waals surface area contributed by atoms with Gasteiger partial charge in [-0.3, -0.25) is 5.43 Å². The van der Waals surface area contributed by atoms with E-state index in [0.717, 1.165) is 17.2 Å². The minimum atomic E-state index is -1.35. The number of carbonyl (C=O) groups is 2. The van der Waals surface area contributed by atoms with Gasteiger partial charge in [-0.25, -0.2) is 14.6 Å². The van der Waals surface area contributed by atoms with Crippen molar-refractivity contribution in [3.8, 4) is 0 Å². The van der Waals surface area contributed by atoms with E-state index in [1.807, 2.05) is 60.7 Å². The highest BCUT2D eigenvalue weighted by atomic mass is 28.3. The second-order valence-electron chi connectivity index (χ2n) is 11.4. The summed E-state index contributed by atoms with van der Waals surface area (Å²) in [4.78, 5) is 25.1. The fourth-order valence-electron chi connectivity index (χ4n) is 3.53. The first-order valence-electron chi connectivity index (χ1n) is 12.7. The molecule has 0 fully saturated rings. The number of hydrogen-bond donors (Lipinski definition) is 3. The molecule has 0 unspecified atom stereocenters. The summed E-state index contributed by atoms with van der Waals surface area (Å²) in [6.07, 6.45) is -1.80. The Kier molecular flexibility index (Phi) is 11.6. The van der Waals surface area contributed by atoms with Gasteiger partial charge in [-0.1, -0.05) is 80.3 Å². The summed E-state index contributed by atoms with van der Waals surface area (Å²) in [5.74, 6) is 0. The van der Waals surface area contributed by atoms with Gasteiger partial charge in [-0.2, -0.15) is 0 Å². The van der Waals surface area contributed by atoms with Crippen LogP contribution in [0.25, 0.3) is 0 Å². The quantitative estimate of drug-likeness (QED) is 0.265. The van der Waals surface area contributed by atoms with Gasteiger partial charge in [0.05, 0.1) is 18.8 Å². The van der Waals surface area contributed by atoms with Crippen LogP contribution in [0, 0.1) is 0 Å². The minimum Gasteiger partial charge on any atom is -0.449 e. The fourth-order valence-corrected chi connectivity index (χ4v) is 4.24. The first kappa shape index (κ1) is 30.3. The Hall–Kier alpha value is -2.88. The van der Waals surface area contributed by atoms with Gasteiger partial charge in [0.15, 0.2) is 0 Å². The second kappa shape index (κ2) is 14.2. The highest BCUT2D eigenvalue weighted by molar-refractivity contribution is 6.76. The molecular formula is C28H43N3O5Si. The molecule has 9 heteroatoms. The van der Waals surface area contributed by atoms with Crippen molar-refractivity contribution in [3.05, 3.63) is 71.8 Å². The number of nitrogens with one attached hydrogen (secondary N) is 2. The lowest BCUT2D eigenvalue weighted by molar-refractivity contribution is 0.0272. The first-order chi connectivity index (χ1) is 17.3. The van der Waals surface area contributed by atoms with Gasteiger partial charge in [-0.05, 0) is 44.4 Å². The molecule has 0 aliphatic heterocycles. The number of alkyl carbamates (subject to hydrolysis) is 1. The summed E-state index contributed by atoms with van der Waals surface area (Å²) in [5, 5.41) is 15.7.